The molecule has 0 aliphatic heterocycles. The van der Waals surface area contributed by atoms with Gasteiger partial charge in [0.25, 0.3) is 5.56 Å². The van der Waals surface area contributed by atoms with Crippen molar-refractivity contribution in [3.8, 4) is 0 Å². The monoisotopic (exact) mass is 420 g/mol. The van der Waals surface area contributed by atoms with Crippen molar-refractivity contribution in [2.24, 2.45) is 0 Å². The van der Waals surface area contributed by atoms with Gasteiger partial charge in [0.1, 0.15) is 6.04 Å². The molecule has 2 aliphatic rings. The Morgan fingerprint density at radius 1 is 1.06 bits per heavy atom. The molecule has 0 amide bonds. The van der Waals surface area contributed by atoms with Crippen molar-refractivity contribution in [1.29, 1.82) is 0 Å². The summed E-state index contributed by atoms with van der Waals surface area (Å²) in [7, 11) is 2.15. The van der Waals surface area contributed by atoms with E-state index in [0.717, 1.165) is 48.0 Å². The third-order valence-corrected chi connectivity index (χ3v) is 7.31. The Hall–Kier alpha value is -2.54. The summed E-state index contributed by atoms with van der Waals surface area (Å²) in [4.78, 5) is 18.8. The van der Waals surface area contributed by atoms with Crippen molar-refractivity contribution < 1.29 is 0 Å². The van der Waals surface area contributed by atoms with E-state index in [2.05, 4.69) is 51.5 Å². The highest BCUT2D eigenvalue weighted by molar-refractivity contribution is 5.79. The summed E-state index contributed by atoms with van der Waals surface area (Å²) in [6.07, 6.45) is 10.7. The molecule has 7 nitrogen and oxygen atoms in total. The zero-order valence-electron chi connectivity index (χ0n) is 18.5. The van der Waals surface area contributed by atoms with Crippen LogP contribution in [-0.4, -0.2) is 43.2 Å². The van der Waals surface area contributed by atoms with Gasteiger partial charge in [-0.05, 0) is 73.7 Å². The number of hydrogen-bond acceptors (Lipinski definition) is 5. The van der Waals surface area contributed by atoms with Gasteiger partial charge < -0.3 is 4.98 Å². The van der Waals surface area contributed by atoms with Crippen LogP contribution < -0.4 is 5.56 Å². The van der Waals surface area contributed by atoms with E-state index in [4.69, 9.17) is 0 Å². The van der Waals surface area contributed by atoms with Crippen LogP contribution in [0.1, 0.15) is 86.8 Å². The molecule has 2 saturated carbocycles. The first-order valence-corrected chi connectivity index (χ1v) is 11.7. The standard InChI is InChI=1S/C24H32N6O/c1-16-12-13-21-17(14-16)15-20(24(31)25-21)22(29(2)18-8-4-3-5-9-18)23-26-27-28-30(23)19-10-6-7-11-19/h12-15,18-19,22H,3-11H2,1-2H3,(H,25,31)/t22-/m0/s1. The molecule has 0 radical (unpaired) electrons. The quantitative estimate of drug-likeness (QED) is 0.666. The lowest BCUT2D eigenvalue weighted by Gasteiger charge is -2.36. The lowest BCUT2D eigenvalue weighted by Crippen LogP contribution is -2.40. The Balaban J connectivity index is 1.64. The molecule has 2 aliphatic carbocycles. The van der Waals surface area contributed by atoms with Crippen molar-refractivity contribution in [2.75, 3.05) is 7.05 Å². The third-order valence-electron chi connectivity index (χ3n) is 7.31. The van der Waals surface area contributed by atoms with Crippen molar-refractivity contribution in [2.45, 2.75) is 82.8 Å². The van der Waals surface area contributed by atoms with Crippen LogP contribution in [0.3, 0.4) is 0 Å². The number of aromatic nitrogens is 5. The van der Waals surface area contributed by atoms with E-state index in [1.54, 1.807) is 0 Å². The first kappa shape index (κ1) is 20.4. The molecule has 7 heteroatoms. The normalized spacial score (nSPS) is 19.5. The van der Waals surface area contributed by atoms with Crippen molar-refractivity contribution in [3.63, 3.8) is 0 Å². The maximum absolute atomic E-state index is 13.3. The molecule has 0 unspecified atom stereocenters. The number of nitrogens with zero attached hydrogens (tertiary/aromatic N) is 5. The van der Waals surface area contributed by atoms with E-state index in [1.165, 1.54) is 37.7 Å². The largest absolute Gasteiger partial charge is 0.322 e. The summed E-state index contributed by atoms with van der Waals surface area (Å²) in [5.41, 5.74) is 2.73. The maximum Gasteiger partial charge on any atom is 0.253 e. The topological polar surface area (TPSA) is 79.7 Å². The number of fused-ring (bicyclic) bond motifs is 1. The zero-order chi connectivity index (χ0) is 21.4. The number of benzene rings is 1. The number of aromatic amines is 1. The van der Waals surface area contributed by atoms with Gasteiger partial charge in [-0.15, -0.1) is 5.10 Å². The Labute approximate surface area is 182 Å². The number of pyridine rings is 1. The second kappa shape index (κ2) is 8.54. The van der Waals surface area contributed by atoms with Crippen molar-refractivity contribution >= 4 is 10.9 Å². The first-order valence-electron chi connectivity index (χ1n) is 11.7. The number of tetrazole rings is 1. The fourth-order valence-corrected chi connectivity index (χ4v) is 5.58. The van der Waals surface area contributed by atoms with Crippen molar-refractivity contribution in [1.82, 2.24) is 30.1 Å². The van der Waals surface area contributed by atoms with Gasteiger partial charge in [0.15, 0.2) is 5.82 Å². The minimum Gasteiger partial charge on any atom is -0.322 e. The molecule has 0 saturated heterocycles. The van der Waals surface area contributed by atoms with Gasteiger partial charge in [-0.3, -0.25) is 9.69 Å². The number of nitrogens with one attached hydrogen (secondary N) is 1. The van der Waals surface area contributed by atoms with Crippen LogP contribution in [0.25, 0.3) is 10.9 Å². The minimum atomic E-state index is -0.257. The van der Waals surface area contributed by atoms with Crippen LogP contribution in [0.2, 0.25) is 0 Å². The fraction of sp³-hybridized carbons (Fsp3) is 0.583. The van der Waals surface area contributed by atoms with Crippen LogP contribution in [0.4, 0.5) is 0 Å². The molecular weight excluding hydrogens is 388 g/mol. The zero-order valence-corrected chi connectivity index (χ0v) is 18.5. The Morgan fingerprint density at radius 2 is 1.81 bits per heavy atom. The average Bonchev–Trinajstić information content (AvgIpc) is 3.47. The van der Waals surface area contributed by atoms with Gasteiger partial charge in [-0.2, -0.15) is 0 Å². The van der Waals surface area contributed by atoms with Crippen LogP contribution in [0, 0.1) is 6.92 Å². The van der Waals surface area contributed by atoms with Gasteiger partial charge in [0.05, 0.1) is 6.04 Å². The third kappa shape index (κ3) is 3.91. The van der Waals surface area contributed by atoms with E-state index in [9.17, 15) is 4.79 Å². The minimum absolute atomic E-state index is 0.0509. The number of aryl methyl sites for hydroxylation is 1. The second-order valence-electron chi connectivity index (χ2n) is 9.42. The van der Waals surface area contributed by atoms with Crippen LogP contribution in [0.5, 0.6) is 0 Å². The first-order chi connectivity index (χ1) is 15.1. The number of hydrogen-bond donors (Lipinski definition) is 1. The van der Waals surface area contributed by atoms with Gasteiger partial charge in [0, 0.05) is 17.1 Å². The molecule has 1 atom stereocenters. The molecular formula is C24H32N6O. The summed E-state index contributed by atoms with van der Waals surface area (Å²) >= 11 is 0. The van der Waals surface area contributed by atoms with Gasteiger partial charge >= 0.3 is 0 Å². The molecule has 3 aromatic rings. The highest BCUT2D eigenvalue weighted by atomic mass is 16.1. The predicted molar refractivity (Wildman–Crippen MR) is 121 cm³/mol. The summed E-state index contributed by atoms with van der Waals surface area (Å²) in [6, 6.07) is 8.70. The van der Waals surface area contributed by atoms with Crippen molar-refractivity contribution in [3.05, 3.63) is 51.6 Å². The number of rotatable bonds is 5. The van der Waals surface area contributed by atoms with Gasteiger partial charge in [-0.25, -0.2) is 4.68 Å². The van der Waals surface area contributed by atoms with E-state index >= 15 is 0 Å². The molecule has 0 spiro atoms. The van der Waals surface area contributed by atoms with Gasteiger partial charge in [-0.1, -0.05) is 43.7 Å². The van der Waals surface area contributed by atoms with E-state index in [0.29, 0.717) is 12.1 Å². The lowest BCUT2D eigenvalue weighted by atomic mass is 9.92. The number of H-pyrrole nitrogens is 1. The summed E-state index contributed by atoms with van der Waals surface area (Å²) in [6.45, 7) is 2.08. The van der Waals surface area contributed by atoms with E-state index in [-0.39, 0.29) is 11.6 Å². The molecule has 2 aromatic heterocycles. The summed E-state index contributed by atoms with van der Waals surface area (Å²) in [5.74, 6) is 0.803. The molecule has 164 valence electrons. The smallest absolute Gasteiger partial charge is 0.253 e. The lowest BCUT2D eigenvalue weighted by molar-refractivity contribution is 0.147. The molecule has 2 heterocycles. The molecule has 2 fully saturated rings. The van der Waals surface area contributed by atoms with Crippen LogP contribution in [-0.2, 0) is 0 Å². The molecule has 31 heavy (non-hydrogen) atoms. The van der Waals surface area contributed by atoms with Gasteiger partial charge in [0.2, 0.25) is 0 Å². The summed E-state index contributed by atoms with van der Waals surface area (Å²) in [5, 5.41) is 14.0. The van der Waals surface area contributed by atoms with Crippen LogP contribution in [0.15, 0.2) is 29.1 Å². The highest BCUT2D eigenvalue weighted by Gasteiger charge is 2.34. The maximum atomic E-state index is 13.3. The van der Waals surface area contributed by atoms with Crippen LogP contribution >= 0.6 is 0 Å². The molecule has 5 rings (SSSR count). The molecule has 1 N–H and O–H groups in total. The second-order valence-corrected chi connectivity index (χ2v) is 9.42. The predicted octanol–water partition coefficient (Wildman–Crippen LogP) is 4.29. The molecule has 1 aromatic carbocycles. The highest BCUT2D eigenvalue weighted by Crippen LogP contribution is 2.36. The Kier molecular flexibility index (Phi) is 5.61. The molecule has 0 bridgehead atoms. The SMILES string of the molecule is Cc1ccc2[nH]c(=O)c([C@@H](c3nnnn3C3CCCC3)N(C)C3CCCCC3)cc2c1. The average molecular weight is 421 g/mol. The summed E-state index contributed by atoms with van der Waals surface area (Å²) < 4.78 is 2.01. The fourth-order valence-electron chi connectivity index (χ4n) is 5.58. The Bertz CT molecular complexity index is 1110. The van der Waals surface area contributed by atoms with E-state index < -0.39 is 0 Å². The van der Waals surface area contributed by atoms with E-state index in [1.807, 2.05) is 16.8 Å². The Morgan fingerprint density at radius 3 is 2.58 bits per heavy atom.